The van der Waals surface area contributed by atoms with Crippen molar-refractivity contribution in [2.24, 2.45) is 0 Å². The second kappa shape index (κ2) is 8.42. The van der Waals surface area contributed by atoms with E-state index < -0.39 is 0 Å². The van der Waals surface area contributed by atoms with Crippen LogP contribution in [0, 0.1) is 13.8 Å². The van der Waals surface area contributed by atoms with Gasteiger partial charge in [0.15, 0.2) is 0 Å². The average Bonchev–Trinajstić information content (AvgIpc) is 3.00. The maximum atomic E-state index is 12.7. The molecule has 27 heavy (non-hydrogen) atoms. The number of nitrogens with one attached hydrogen (secondary N) is 1. The largest absolute Gasteiger partial charge is 0.383 e. The van der Waals surface area contributed by atoms with Crippen molar-refractivity contribution in [3.63, 3.8) is 0 Å². The van der Waals surface area contributed by atoms with Crippen LogP contribution in [0.15, 0.2) is 54.6 Å². The Hall–Kier alpha value is -2.56. The zero-order chi connectivity index (χ0) is 19.4. The molecule has 0 aliphatic rings. The lowest BCUT2D eigenvalue weighted by molar-refractivity contribution is 0.0936. The third-order valence-corrected chi connectivity index (χ3v) is 4.83. The number of halogens is 1. The topological polar surface area (TPSA) is 43.3 Å². The smallest absolute Gasteiger partial charge is 0.253 e. The van der Waals surface area contributed by atoms with E-state index in [-0.39, 0.29) is 5.91 Å². The van der Waals surface area contributed by atoms with Crippen molar-refractivity contribution in [1.82, 2.24) is 9.88 Å². The van der Waals surface area contributed by atoms with E-state index in [1.807, 2.05) is 49.4 Å². The lowest BCUT2D eigenvalue weighted by Crippen LogP contribution is -2.27. The van der Waals surface area contributed by atoms with Gasteiger partial charge in [0.2, 0.25) is 0 Å². The first-order chi connectivity index (χ1) is 13.0. The Labute approximate surface area is 164 Å². The molecule has 5 heteroatoms. The van der Waals surface area contributed by atoms with E-state index in [0.29, 0.717) is 23.7 Å². The number of benzene rings is 2. The van der Waals surface area contributed by atoms with Crippen LogP contribution in [0.2, 0.25) is 5.02 Å². The molecule has 1 N–H and O–H groups in total. The van der Waals surface area contributed by atoms with Crippen LogP contribution < -0.4 is 5.32 Å². The number of hydrogen-bond acceptors (Lipinski definition) is 2. The minimum absolute atomic E-state index is 0.105. The average molecular weight is 383 g/mol. The van der Waals surface area contributed by atoms with Gasteiger partial charge >= 0.3 is 0 Å². The van der Waals surface area contributed by atoms with Crippen molar-refractivity contribution in [2.75, 3.05) is 20.3 Å². The van der Waals surface area contributed by atoms with Crippen molar-refractivity contribution >= 4 is 17.5 Å². The van der Waals surface area contributed by atoms with Crippen molar-refractivity contribution in [1.29, 1.82) is 0 Å². The molecule has 1 heterocycles. The summed E-state index contributed by atoms with van der Waals surface area (Å²) in [6.45, 7) is 4.99. The highest BCUT2D eigenvalue weighted by Gasteiger charge is 2.20. The van der Waals surface area contributed by atoms with E-state index in [1.165, 1.54) is 0 Å². The van der Waals surface area contributed by atoms with Crippen molar-refractivity contribution in [3.05, 3.63) is 76.4 Å². The van der Waals surface area contributed by atoms with Gasteiger partial charge in [-0.15, -0.1) is 0 Å². The molecule has 0 saturated carbocycles. The highest BCUT2D eigenvalue weighted by atomic mass is 35.5. The SMILES string of the molecule is COCCNC(=O)c1cc(-c2ccc(Cl)cc2)n(-c2ccccc2C)c1C. The third-order valence-electron chi connectivity index (χ3n) is 4.58. The summed E-state index contributed by atoms with van der Waals surface area (Å²) in [6, 6.07) is 17.8. The Morgan fingerprint density at radius 1 is 1.11 bits per heavy atom. The van der Waals surface area contributed by atoms with Gasteiger partial charge < -0.3 is 14.6 Å². The van der Waals surface area contributed by atoms with Gasteiger partial charge in [-0.3, -0.25) is 4.79 Å². The first-order valence-corrected chi connectivity index (χ1v) is 9.22. The van der Waals surface area contributed by atoms with Crippen molar-refractivity contribution < 1.29 is 9.53 Å². The minimum atomic E-state index is -0.105. The number of ether oxygens (including phenoxy) is 1. The Kier molecular flexibility index (Phi) is 5.99. The number of para-hydroxylation sites is 1. The van der Waals surface area contributed by atoms with E-state index in [9.17, 15) is 4.79 Å². The summed E-state index contributed by atoms with van der Waals surface area (Å²) < 4.78 is 7.15. The van der Waals surface area contributed by atoms with Crippen LogP contribution in [0.25, 0.3) is 16.9 Å². The Balaban J connectivity index is 2.13. The van der Waals surface area contributed by atoms with Crippen LogP contribution in [0.3, 0.4) is 0 Å². The van der Waals surface area contributed by atoms with Gasteiger partial charge in [-0.1, -0.05) is 41.9 Å². The highest BCUT2D eigenvalue weighted by molar-refractivity contribution is 6.30. The summed E-state index contributed by atoms with van der Waals surface area (Å²) in [5, 5.41) is 3.59. The van der Waals surface area contributed by atoms with Gasteiger partial charge in [0.25, 0.3) is 5.91 Å². The molecule has 1 aromatic heterocycles. The third kappa shape index (κ3) is 4.07. The van der Waals surface area contributed by atoms with Gasteiger partial charge in [0.05, 0.1) is 17.9 Å². The number of methoxy groups -OCH3 is 1. The number of nitrogens with zero attached hydrogens (tertiary/aromatic N) is 1. The summed E-state index contributed by atoms with van der Waals surface area (Å²) in [4.78, 5) is 12.7. The normalized spacial score (nSPS) is 10.8. The molecule has 140 valence electrons. The Morgan fingerprint density at radius 3 is 2.48 bits per heavy atom. The highest BCUT2D eigenvalue weighted by Crippen LogP contribution is 2.31. The summed E-state index contributed by atoms with van der Waals surface area (Å²) in [7, 11) is 1.62. The molecule has 0 fully saturated rings. The number of rotatable bonds is 6. The van der Waals surface area contributed by atoms with Gasteiger partial charge in [-0.25, -0.2) is 0 Å². The molecule has 0 bridgehead atoms. The fraction of sp³-hybridized carbons (Fsp3) is 0.227. The quantitative estimate of drug-likeness (QED) is 0.623. The first kappa shape index (κ1) is 19.2. The fourth-order valence-electron chi connectivity index (χ4n) is 3.16. The molecule has 0 aliphatic carbocycles. The van der Waals surface area contributed by atoms with Gasteiger partial charge in [0, 0.05) is 30.1 Å². The van der Waals surface area contributed by atoms with E-state index >= 15 is 0 Å². The molecule has 0 unspecified atom stereocenters. The summed E-state index contributed by atoms with van der Waals surface area (Å²) in [6.07, 6.45) is 0. The Bertz CT molecular complexity index is 945. The van der Waals surface area contributed by atoms with E-state index in [4.69, 9.17) is 16.3 Å². The molecule has 3 rings (SSSR count). The van der Waals surface area contributed by atoms with Crippen molar-refractivity contribution in [3.8, 4) is 16.9 Å². The standard InChI is InChI=1S/C22H23ClN2O2/c1-15-6-4-5-7-20(15)25-16(2)19(22(26)24-12-13-27-3)14-21(25)17-8-10-18(23)11-9-17/h4-11,14H,12-13H2,1-3H3,(H,24,26). The Morgan fingerprint density at radius 2 is 1.81 bits per heavy atom. The zero-order valence-electron chi connectivity index (χ0n) is 15.8. The summed E-state index contributed by atoms with van der Waals surface area (Å²) in [5.74, 6) is -0.105. The van der Waals surface area contributed by atoms with Crippen LogP contribution in [0.4, 0.5) is 0 Å². The minimum Gasteiger partial charge on any atom is -0.383 e. The molecular weight excluding hydrogens is 360 g/mol. The summed E-state index contributed by atoms with van der Waals surface area (Å²) >= 11 is 6.06. The first-order valence-electron chi connectivity index (χ1n) is 8.84. The number of carbonyl (C=O) groups excluding carboxylic acids is 1. The van der Waals surface area contributed by atoms with Crippen LogP contribution in [0.5, 0.6) is 0 Å². The molecular formula is C22H23ClN2O2. The molecule has 4 nitrogen and oxygen atoms in total. The number of hydrogen-bond donors (Lipinski definition) is 1. The predicted molar refractivity (Wildman–Crippen MR) is 110 cm³/mol. The predicted octanol–water partition coefficient (Wildman–Crippen LogP) is 4.79. The molecule has 0 atom stereocenters. The van der Waals surface area contributed by atoms with Crippen LogP contribution >= 0.6 is 11.6 Å². The lowest BCUT2D eigenvalue weighted by Gasteiger charge is -2.15. The second-order valence-corrected chi connectivity index (χ2v) is 6.84. The number of aryl methyl sites for hydroxylation is 1. The molecule has 0 radical (unpaired) electrons. The maximum absolute atomic E-state index is 12.7. The molecule has 2 aromatic carbocycles. The number of carbonyl (C=O) groups is 1. The molecule has 0 spiro atoms. The number of aromatic nitrogens is 1. The molecule has 1 amide bonds. The molecule has 3 aromatic rings. The monoisotopic (exact) mass is 382 g/mol. The zero-order valence-corrected chi connectivity index (χ0v) is 16.5. The van der Waals surface area contributed by atoms with Crippen LogP contribution in [-0.4, -0.2) is 30.7 Å². The second-order valence-electron chi connectivity index (χ2n) is 6.41. The maximum Gasteiger partial charge on any atom is 0.253 e. The number of amides is 1. The van der Waals surface area contributed by atoms with E-state index in [0.717, 1.165) is 28.2 Å². The summed E-state index contributed by atoms with van der Waals surface area (Å²) in [5.41, 5.74) is 5.69. The lowest BCUT2D eigenvalue weighted by atomic mass is 10.1. The van der Waals surface area contributed by atoms with E-state index in [1.54, 1.807) is 7.11 Å². The van der Waals surface area contributed by atoms with E-state index in [2.05, 4.69) is 28.9 Å². The van der Waals surface area contributed by atoms with Crippen molar-refractivity contribution in [2.45, 2.75) is 13.8 Å². The molecule has 0 saturated heterocycles. The fourth-order valence-corrected chi connectivity index (χ4v) is 3.28. The van der Waals surface area contributed by atoms with Crippen LogP contribution in [-0.2, 0) is 4.74 Å². The van der Waals surface area contributed by atoms with Crippen LogP contribution in [0.1, 0.15) is 21.6 Å². The molecule has 0 aliphatic heterocycles. The van der Waals surface area contributed by atoms with Gasteiger partial charge in [-0.05, 0) is 49.2 Å². The van der Waals surface area contributed by atoms with Gasteiger partial charge in [0.1, 0.15) is 0 Å². The van der Waals surface area contributed by atoms with Gasteiger partial charge in [-0.2, -0.15) is 0 Å².